The van der Waals surface area contributed by atoms with Crippen molar-refractivity contribution >= 4 is 11.7 Å². The zero-order valence-electron chi connectivity index (χ0n) is 14.3. The minimum Gasteiger partial charge on any atom is -0.367 e. The summed E-state index contributed by atoms with van der Waals surface area (Å²) in [6, 6.07) is 4.95. The maximum atomic E-state index is 13.5. The summed E-state index contributed by atoms with van der Waals surface area (Å²) in [5.41, 5.74) is 0.596. The molecule has 2 aliphatic rings. The van der Waals surface area contributed by atoms with Crippen molar-refractivity contribution < 1.29 is 22.4 Å². The fraction of sp³-hybridized carbons (Fsp3) is 0.444. The number of hydrogen-bond donors (Lipinski definition) is 2. The van der Waals surface area contributed by atoms with Crippen LogP contribution < -0.4 is 10.6 Å². The van der Waals surface area contributed by atoms with Crippen molar-refractivity contribution in [2.45, 2.75) is 44.1 Å². The van der Waals surface area contributed by atoms with E-state index in [0.29, 0.717) is 5.56 Å². The Balaban J connectivity index is 1.51. The number of hydrogen-bond acceptors (Lipinski definition) is 3. The Labute approximate surface area is 152 Å². The van der Waals surface area contributed by atoms with Crippen LogP contribution in [0.5, 0.6) is 0 Å². The van der Waals surface area contributed by atoms with Gasteiger partial charge in [-0.1, -0.05) is 12.1 Å². The Morgan fingerprint density at radius 1 is 1.26 bits per heavy atom. The fourth-order valence-corrected chi connectivity index (χ4v) is 3.40. The van der Waals surface area contributed by atoms with Crippen LogP contribution >= 0.6 is 0 Å². The maximum Gasteiger partial charge on any atom is 0.410 e. The van der Waals surface area contributed by atoms with Crippen LogP contribution in [-0.4, -0.2) is 27.9 Å². The van der Waals surface area contributed by atoms with E-state index in [0.717, 1.165) is 17.5 Å². The van der Waals surface area contributed by atoms with Crippen molar-refractivity contribution in [2.24, 2.45) is 5.92 Å². The first-order valence-corrected chi connectivity index (χ1v) is 8.76. The van der Waals surface area contributed by atoms with Crippen molar-refractivity contribution in [3.63, 3.8) is 0 Å². The van der Waals surface area contributed by atoms with Gasteiger partial charge in [-0.05, 0) is 42.9 Å². The van der Waals surface area contributed by atoms with Gasteiger partial charge in [-0.3, -0.25) is 4.79 Å². The third-order valence-electron chi connectivity index (χ3n) is 5.01. The van der Waals surface area contributed by atoms with E-state index in [1.54, 1.807) is 0 Å². The lowest BCUT2D eigenvalue weighted by Gasteiger charge is -2.33. The Kier molecular flexibility index (Phi) is 4.32. The van der Waals surface area contributed by atoms with Gasteiger partial charge in [0.1, 0.15) is 11.6 Å². The normalized spacial score (nSPS) is 22.1. The summed E-state index contributed by atoms with van der Waals surface area (Å²) in [5, 5.41) is 9.59. The average molecular weight is 382 g/mol. The molecule has 144 valence electrons. The first-order chi connectivity index (χ1) is 12.8. The summed E-state index contributed by atoms with van der Waals surface area (Å²) in [5.74, 6) is -0.505. The smallest absolute Gasteiger partial charge is 0.367 e. The van der Waals surface area contributed by atoms with Crippen molar-refractivity contribution in [2.75, 3.05) is 5.32 Å². The second-order valence-corrected chi connectivity index (χ2v) is 7.05. The lowest BCUT2D eigenvalue weighted by atomic mass is 10.0. The van der Waals surface area contributed by atoms with Gasteiger partial charge in [0, 0.05) is 18.7 Å². The number of amides is 1. The Bertz CT molecular complexity index is 842. The number of benzene rings is 1. The lowest BCUT2D eigenvalue weighted by Crippen LogP contribution is -2.40. The second-order valence-electron chi connectivity index (χ2n) is 7.05. The van der Waals surface area contributed by atoms with E-state index in [1.807, 2.05) is 0 Å². The Hall–Kier alpha value is -2.58. The van der Waals surface area contributed by atoms with E-state index in [4.69, 9.17) is 0 Å². The number of halogens is 4. The van der Waals surface area contributed by atoms with Crippen molar-refractivity contribution in [3.05, 3.63) is 47.4 Å². The van der Waals surface area contributed by atoms with Crippen LogP contribution in [0.3, 0.4) is 0 Å². The highest BCUT2D eigenvalue weighted by molar-refractivity contribution is 5.93. The van der Waals surface area contributed by atoms with Gasteiger partial charge in [0.25, 0.3) is 5.91 Å². The van der Waals surface area contributed by atoms with Crippen LogP contribution in [0.1, 0.15) is 41.4 Å². The van der Waals surface area contributed by atoms with Crippen molar-refractivity contribution in [3.8, 4) is 0 Å². The van der Waals surface area contributed by atoms with Gasteiger partial charge in [0.05, 0.1) is 0 Å². The van der Waals surface area contributed by atoms with Crippen molar-refractivity contribution in [1.82, 2.24) is 15.1 Å². The van der Waals surface area contributed by atoms with E-state index in [2.05, 4.69) is 15.7 Å². The number of carbonyl (C=O) groups is 1. The SMILES string of the molecule is O=C(NCc1ccc(F)cc1)c1cc2n(n1)[C@@H](C(F)(F)F)C[C@H](C1CC1)N2. The number of nitrogens with zero attached hydrogens (tertiary/aromatic N) is 2. The van der Waals surface area contributed by atoms with Gasteiger partial charge < -0.3 is 10.6 Å². The highest BCUT2D eigenvalue weighted by Gasteiger charge is 2.49. The third-order valence-corrected chi connectivity index (χ3v) is 5.01. The predicted molar refractivity (Wildman–Crippen MR) is 89.6 cm³/mol. The molecule has 1 aliphatic heterocycles. The molecule has 2 heterocycles. The van der Waals surface area contributed by atoms with Gasteiger partial charge in [-0.25, -0.2) is 9.07 Å². The highest BCUT2D eigenvalue weighted by atomic mass is 19.4. The zero-order chi connectivity index (χ0) is 19.2. The summed E-state index contributed by atoms with van der Waals surface area (Å²) in [6.07, 6.45) is -2.68. The second kappa shape index (κ2) is 6.54. The number of nitrogens with one attached hydrogen (secondary N) is 2. The number of rotatable bonds is 4. The summed E-state index contributed by atoms with van der Waals surface area (Å²) >= 11 is 0. The summed E-state index contributed by atoms with van der Waals surface area (Å²) < 4.78 is 54.2. The molecular formula is C18H18F4N4O. The molecule has 2 N–H and O–H groups in total. The highest BCUT2D eigenvalue weighted by Crippen LogP contribution is 2.45. The predicted octanol–water partition coefficient (Wildman–Crippen LogP) is 3.65. The first-order valence-electron chi connectivity index (χ1n) is 8.76. The molecule has 4 rings (SSSR count). The molecule has 0 spiro atoms. The van der Waals surface area contributed by atoms with E-state index in [1.165, 1.54) is 30.3 Å². The fourth-order valence-electron chi connectivity index (χ4n) is 3.40. The largest absolute Gasteiger partial charge is 0.410 e. The molecule has 1 saturated carbocycles. The van der Waals surface area contributed by atoms with E-state index < -0.39 is 18.1 Å². The third kappa shape index (κ3) is 3.77. The maximum absolute atomic E-state index is 13.5. The van der Waals surface area contributed by atoms with E-state index in [-0.39, 0.29) is 42.3 Å². The molecule has 27 heavy (non-hydrogen) atoms. The lowest BCUT2D eigenvalue weighted by molar-refractivity contribution is -0.174. The van der Waals surface area contributed by atoms with Gasteiger partial charge in [-0.15, -0.1) is 0 Å². The monoisotopic (exact) mass is 382 g/mol. The van der Waals surface area contributed by atoms with Crippen LogP contribution in [0.2, 0.25) is 0 Å². The Morgan fingerprint density at radius 3 is 2.59 bits per heavy atom. The van der Waals surface area contributed by atoms with Crippen LogP contribution in [0.15, 0.2) is 30.3 Å². The molecule has 1 aliphatic carbocycles. The van der Waals surface area contributed by atoms with Gasteiger partial charge in [-0.2, -0.15) is 18.3 Å². The van der Waals surface area contributed by atoms with E-state index >= 15 is 0 Å². The molecule has 1 amide bonds. The molecule has 9 heteroatoms. The minimum absolute atomic E-state index is 0.0784. The van der Waals surface area contributed by atoms with Gasteiger partial charge >= 0.3 is 6.18 Å². The van der Waals surface area contributed by atoms with Crippen LogP contribution in [0.4, 0.5) is 23.4 Å². The van der Waals surface area contributed by atoms with E-state index in [9.17, 15) is 22.4 Å². The van der Waals surface area contributed by atoms with Crippen LogP contribution in [0, 0.1) is 11.7 Å². The molecule has 0 radical (unpaired) electrons. The van der Waals surface area contributed by atoms with Crippen LogP contribution in [0.25, 0.3) is 0 Å². The van der Waals surface area contributed by atoms with Gasteiger partial charge in [0.15, 0.2) is 11.7 Å². The van der Waals surface area contributed by atoms with Crippen molar-refractivity contribution in [1.29, 1.82) is 0 Å². The molecule has 0 bridgehead atoms. The molecular weight excluding hydrogens is 364 g/mol. The first kappa shape index (κ1) is 17.8. The molecule has 1 aromatic carbocycles. The van der Waals surface area contributed by atoms with Crippen LogP contribution in [-0.2, 0) is 6.54 Å². The summed E-state index contributed by atoms with van der Waals surface area (Å²) in [7, 11) is 0. The average Bonchev–Trinajstić information content (AvgIpc) is 3.38. The standard InChI is InChI=1S/C18H18F4N4O/c19-12-5-1-10(2-6-12)9-23-17(27)14-8-16-24-13(11-3-4-11)7-15(18(20,21)22)26(16)25-14/h1-2,5-6,8,11,13,15,24H,3-4,7,9H2,(H,23,27)/t13-,15-/m1/s1. The Morgan fingerprint density at radius 2 is 1.96 bits per heavy atom. The minimum atomic E-state index is -4.43. The molecule has 5 nitrogen and oxygen atoms in total. The molecule has 2 aromatic rings. The molecule has 1 aromatic heterocycles. The number of alkyl halides is 3. The quantitative estimate of drug-likeness (QED) is 0.794. The van der Waals surface area contributed by atoms with Gasteiger partial charge in [0.2, 0.25) is 0 Å². The topological polar surface area (TPSA) is 59.0 Å². The molecule has 1 fully saturated rings. The molecule has 0 saturated heterocycles. The summed E-state index contributed by atoms with van der Waals surface area (Å²) in [6.45, 7) is 0.127. The molecule has 0 unspecified atom stereocenters. The number of aromatic nitrogens is 2. The summed E-state index contributed by atoms with van der Waals surface area (Å²) in [4.78, 5) is 12.3. The number of anilines is 1. The zero-order valence-corrected chi connectivity index (χ0v) is 14.3. The number of carbonyl (C=O) groups excluding carboxylic acids is 1. The molecule has 2 atom stereocenters. The number of fused-ring (bicyclic) bond motifs is 1.